The Kier molecular flexibility index (Phi) is 4.76. The highest BCUT2D eigenvalue weighted by molar-refractivity contribution is 7.09. The van der Waals surface area contributed by atoms with Gasteiger partial charge in [-0.2, -0.15) is 0 Å². The van der Waals surface area contributed by atoms with Crippen LogP contribution in [0.5, 0.6) is 0 Å². The first-order valence-electron chi connectivity index (χ1n) is 6.02. The number of likely N-dealkylation sites (N-methyl/N-ethyl adjacent to an activating group) is 1. The second-order valence-electron chi connectivity index (χ2n) is 4.00. The summed E-state index contributed by atoms with van der Waals surface area (Å²) in [6.45, 7) is 3.13. The third kappa shape index (κ3) is 3.98. The summed E-state index contributed by atoms with van der Waals surface area (Å²) in [6, 6.07) is 4.46. The number of nitrogens with zero attached hydrogens (tertiary/aromatic N) is 1. The first-order chi connectivity index (χ1) is 8.38. The smallest absolute Gasteiger partial charge is 0.103 e. The zero-order valence-electron chi connectivity index (χ0n) is 10.1. The molecular formula is C13H18N2OS. The van der Waals surface area contributed by atoms with Crippen molar-refractivity contribution in [3.63, 3.8) is 0 Å². The maximum absolute atomic E-state index is 5.36. The lowest BCUT2D eigenvalue weighted by molar-refractivity contribution is 0.447. The molecule has 4 heteroatoms. The van der Waals surface area contributed by atoms with Crippen molar-refractivity contribution in [2.75, 3.05) is 6.54 Å². The minimum Gasteiger partial charge on any atom is -0.469 e. The predicted octanol–water partition coefficient (Wildman–Crippen LogP) is 2.89. The summed E-state index contributed by atoms with van der Waals surface area (Å²) in [5.74, 6) is 1.06. The SMILES string of the molecule is CCNC(CCc1ccco1)Cc1nccs1. The number of hydrogen-bond donors (Lipinski definition) is 1. The first kappa shape index (κ1) is 12.3. The third-order valence-corrected chi connectivity index (χ3v) is 3.52. The standard InChI is InChI=1S/C13H18N2OS/c1-2-14-11(10-13-15-7-9-17-13)5-6-12-4-3-8-16-12/h3-4,7-9,11,14H,2,5-6,10H2,1H3. The normalized spacial score (nSPS) is 12.8. The zero-order chi connectivity index (χ0) is 11.9. The van der Waals surface area contributed by atoms with E-state index in [0.717, 1.165) is 31.6 Å². The topological polar surface area (TPSA) is 38.1 Å². The molecule has 3 nitrogen and oxygen atoms in total. The highest BCUT2D eigenvalue weighted by Gasteiger charge is 2.10. The summed E-state index contributed by atoms with van der Waals surface area (Å²) in [7, 11) is 0. The molecule has 0 spiro atoms. The van der Waals surface area contributed by atoms with Crippen molar-refractivity contribution in [3.8, 4) is 0 Å². The van der Waals surface area contributed by atoms with Gasteiger partial charge in [0.15, 0.2) is 0 Å². The van der Waals surface area contributed by atoms with Gasteiger partial charge in [0, 0.05) is 30.5 Å². The zero-order valence-corrected chi connectivity index (χ0v) is 10.9. The molecule has 0 aromatic carbocycles. The van der Waals surface area contributed by atoms with Crippen LogP contribution in [0.2, 0.25) is 0 Å². The highest BCUT2D eigenvalue weighted by atomic mass is 32.1. The van der Waals surface area contributed by atoms with Crippen LogP contribution in [0.3, 0.4) is 0 Å². The molecule has 0 aliphatic heterocycles. The summed E-state index contributed by atoms with van der Waals surface area (Å²) in [5.41, 5.74) is 0. The van der Waals surface area contributed by atoms with E-state index in [-0.39, 0.29) is 0 Å². The van der Waals surface area contributed by atoms with E-state index >= 15 is 0 Å². The van der Waals surface area contributed by atoms with E-state index in [1.165, 1.54) is 5.01 Å². The van der Waals surface area contributed by atoms with Crippen LogP contribution in [0.4, 0.5) is 0 Å². The quantitative estimate of drug-likeness (QED) is 0.821. The van der Waals surface area contributed by atoms with Gasteiger partial charge in [-0.1, -0.05) is 6.92 Å². The highest BCUT2D eigenvalue weighted by Crippen LogP contribution is 2.12. The Morgan fingerprint density at radius 2 is 2.47 bits per heavy atom. The van der Waals surface area contributed by atoms with Crippen LogP contribution >= 0.6 is 11.3 Å². The fourth-order valence-electron chi connectivity index (χ4n) is 1.90. The van der Waals surface area contributed by atoms with Gasteiger partial charge in [0.2, 0.25) is 0 Å². The molecule has 1 unspecified atom stereocenters. The van der Waals surface area contributed by atoms with Crippen LogP contribution in [0.1, 0.15) is 24.1 Å². The van der Waals surface area contributed by atoms with Crippen LogP contribution in [0, 0.1) is 0 Å². The summed E-state index contributed by atoms with van der Waals surface area (Å²) in [4.78, 5) is 4.34. The van der Waals surface area contributed by atoms with E-state index in [9.17, 15) is 0 Å². The molecule has 17 heavy (non-hydrogen) atoms. The molecule has 2 heterocycles. The minimum atomic E-state index is 0.483. The summed E-state index contributed by atoms with van der Waals surface area (Å²) in [5, 5.41) is 6.75. The lowest BCUT2D eigenvalue weighted by atomic mass is 10.1. The largest absolute Gasteiger partial charge is 0.469 e. The Morgan fingerprint density at radius 3 is 3.12 bits per heavy atom. The fourth-order valence-corrected chi connectivity index (χ4v) is 2.60. The maximum atomic E-state index is 5.36. The Labute approximate surface area is 106 Å². The van der Waals surface area contributed by atoms with Gasteiger partial charge in [-0.3, -0.25) is 0 Å². The van der Waals surface area contributed by atoms with Gasteiger partial charge in [0.05, 0.1) is 11.3 Å². The van der Waals surface area contributed by atoms with Crippen molar-refractivity contribution in [1.29, 1.82) is 0 Å². The number of nitrogens with one attached hydrogen (secondary N) is 1. The van der Waals surface area contributed by atoms with Gasteiger partial charge in [-0.15, -0.1) is 11.3 Å². The number of rotatable bonds is 7. The number of hydrogen-bond acceptors (Lipinski definition) is 4. The fraction of sp³-hybridized carbons (Fsp3) is 0.462. The minimum absolute atomic E-state index is 0.483. The molecule has 0 aliphatic rings. The van der Waals surface area contributed by atoms with Gasteiger partial charge < -0.3 is 9.73 Å². The number of aromatic nitrogens is 1. The van der Waals surface area contributed by atoms with Gasteiger partial charge in [0.25, 0.3) is 0 Å². The molecule has 2 aromatic heterocycles. The monoisotopic (exact) mass is 250 g/mol. The summed E-state index contributed by atoms with van der Waals surface area (Å²) >= 11 is 1.73. The molecular weight excluding hydrogens is 232 g/mol. The summed E-state index contributed by atoms with van der Waals surface area (Å²) < 4.78 is 5.36. The van der Waals surface area contributed by atoms with E-state index in [1.54, 1.807) is 17.6 Å². The van der Waals surface area contributed by atoms with Gasteiger partial charge in [0.1, 0.15) is 5.76 Å². The van der Waals surface area contributed by atoms with Crippen molar-refractivity contribution in [1.82, 2.24) is 10.3 Å². The second-order valence-corrected chi connectivity index (χ2v) is 4.98. The first-order valence-corrected chi connectivity index (χ1v) is 6.90. The lowest BCUT2D eigenvalue weighted by Gasteiger charge is -2.15. The predicted molar refractivity (Wildman–Crippen MR) is 70.3 cm³/mol. The molecule has 1 N–H and O–H groups in total. The molecule has 0 amide bonds. The van der Waals surface area contributed by atoms with Crippen LogP contribution < -0.4 is 5.32 Å². The van der Waals surface area contributed by atoms with Crippen molar-refractivity contribution in [2.24, 2.45) is 0 Å². The lowest BCUT2D eigenvalue weighted by Crippen LogP contribution is -2.31. The second kappa shape index (κ2) is 6.57. The van der Waals surface area contributed by atoms with Crippen molar-refractivity contribution in [3.05, 3.63) is 40.7 Å². The number of aryl methyl sites for hydroxylation is 1. The average molecular weight is 250 g/mol. The number of thiazole rings is 1. The van der Waals surface area contributed by atoms with Crippen molar-refractivity contribution >= 4 is 11.3 Å². The molecule has 1 atom stereocenters. The Morgan fingerprint density at radius 1 is 1.53 bits per heavy atom. The van der Waals surface area contributed by atoms with Crippen molar-refractivity contribution < 1.29 is 4.42 Å². The van der Waals surface area contributed by atoms with E-state index < -0.39 is 0 Å². The molecule has 0 radical (unpaired) electrons. The van der Waals surface area contributed by atoms with Gasteiger partial charge in [-0.25, -0.2) is 4.98 Å². The van der Waals surface area contributed by atoms with Crippen LogP contribution in [0.15, 0.2) is 34.4 Å². The van der Waals surface area contributed by atoms with E-state index in [1.807, 2.05) is 23.7 Å². The van der Waals surface area contributed by atoms with Crippen LogP contribution in [-0.4, -0.2) is 17.6 Å². The molecule has 0 bridgehead atoms. The Hall–Kier alpha value is -1.13. The van der Waals surface area contributed by atoms with Gasteiger partial charge >= 0.3 is 0 Å². The van der Waals surface area contributed by atoms with Gasteiger partial charge in [-0.05, 0) is 25.1 Å². The van der Waals surface area contributed by atoms with E-state index in [4.69, 9.17) is 4.42 Å². The molecule has 0 saturated heterocycles. The molecule has 92 valence electrons. The third-order valence-electron chi connectivity index (χ3n) is 2.72. The molecule has 2 rings (SSSR count). The van der Waals surface area contributed by atoms with E-state index in [0.29, 0.717) is 6.04 Å². The van der Waals surface area contributed by atoms with E-state index in [2.05, 4.69) is 17.2 Å². The van der Waals surface area contributed by atoms with Crippen LogP contribution in [0.25, 0.3) is 0 Å². The van der Waals surface area contributed by atoms with Crippen molar-refractivity contribution in [2.45, 2.75) is 32.2 Å². The number of furan rings is 1. The average Bonchev–Trinajstić information content (AvgIpc) is 2.99. The maximum Gasteiger partial charge on any atom is 0.103 e. The molecule has 2 aromatic rings. The molecule has 0 aliphatic carbocycles. The Bertz CT molecular complexity index is 397. The summed E-state index contributed by atoms with van der Waals surface area (Å²) in [6.07, 6.45) is 6.68. The molecule has 0 fully saturated rings. The Balaban J connectivity index is 1.84. The molecule has 0 saturated carbocycles. The van der Waals surface area contributed by atoms with Crippen LogP contribution in [-0.2, 0) is 12.8 Å².